The maximum atomic E-state index is 9.97. The van der Waals surface area contributed by atoms with E-state index in [1.807, 2.05) is 0 Å². The molecule has 5 atom stereocenters. The highest BCUT2D eigenvalue weighted by atomic mass is 16.7. The molecule has 1 aliphatic heterocycles. The Morgan fingerprint density at radius 3 is 2.47 bits per heavy atom. The fourth-order valence-electron chi connectivity index (χ4n) is 1.68. The van der Waals surface area contributed by atoms with E-state index in [9.17, 15) is 20.4 Å². The second-order valence-corrected chi connectivity index (χ2v) is 3.92. The molecule has 0 bridgehead atoms. The normalized spacial score (nSPS) is 42.1. The molecule has 1 aliphatic rings. The minimum Gasteiger partial charge on any atom is -0.394 e. The van der Waals surface area contributed by atoms with Gasteiger partial charge in [0, 0.05) is 0 Å². The van der Waals surface area contributed by atoms with E-state index >= 15 is 0 Å². The van der Waals surface area contributed by atoms with Crippen LogP contribution in [0.15, 0.2) is 0 Å². The number of hydrogen-bond donors (Lipinski definition) is 6. The summed E-state index contributed by atoms with van der Waals surface area (Å²) in [5.41, 5.74) is 0. The molecule has 0 unspecified atom stereocenters. The SMILES string of the molecule is C#CCNC[C@]1(O)O[C@H](CO)[C@@H](O)[C@H](O)[C@@H]1O. The summed E-state index contributed by atoms with van der Waals surface area (Å²) >= 11 is 0. The number of ether oxygens (including phenoxy) is 1. The molecular weight excluding hydrogens is 230 g/mol. The van der Waals surface area contributed by atoms with Crippen molar-refractivity contribution < 1.29 is 30.3 Å². The van der Waals surface area contributed by atoms with Crippen LogP contribution < -0.4 is 5.32 Å². The molecule has 0 aromatic rings. The van der Waals surface area contributed by atoms with Gasteiger partial charge in [-0.3, -0.25) is 0 Å². The van der Waals surface area contributed by atoms with Gasteiger partial charge in [-0.15, -0.1) is 6.42 Å². The largest absolute Gasteiger partial charge is 0.394 e. The first kappa shape index (κ1) is 14.3. The first-order valence-corrected chi connectivity index (χ1v) is 5.15. The van der Waals surface area contributed by atoms with E-state index in [4.69, 9.17) is 16.3 Å². The zero-order valence-electron chi connectivity index (χ0n) is 9.15. The smallest absolute Gasteiger partial charge is 0.208 e. The average Bonchev–Trinajstić information content (AvgIpc) is 2.32. The third kappa shape index (κ3) is 2.94. The molecule has 1 heterocycles. The molecule has 98 valence electrons. The molecule has 0 radical (unpaired) electrons. The molecule has 1 fully saturated rings. The van der Waals surface area contributed by atoms with E-state index in [-0.39, 0.29) is 13.1 Å². The predicted octanol–water partition coefficient (Wildman–Crippen LogP) is -3.63. The summed E-state index contributed by atoms with van der Waals surface area (Å²) in [5, 5.41) is 50.1. The second-order valence-electron chi connectivity index (χ2n) is 3.92. The summed E-state index contributed by atoms with van der Waals surface area (Å²) in [6.45, 7) is -0.693. The van der Waals surface area contributed by atoms with E-state index in [0.29, 0.717) is 0 Å². The zero-order chi connectivity index (χ0) is 13.1. The number of nitrogens with one attached hydrogen (secondary N) is 1. The lowest BCUT2D eigenvalue weighted by molar-refractivity contribution is -0.346. The van der Waals surface area contributed by atoms with Crippen LogP contribution in [0.2, 0.25) is 0 Å². The summed E-state index contributed by atoms with van der Waals surface area (Å²) in [5.74, 6) is 0.156. The molecule has 1 rings (SSSR count). The molecule has 0 aliphatic carbocycles. The van der Waals surface area contributed by atoms with E-state index in [0.717, 1.165) is 0 Å². The Morgan fingerprint density at radius 2 is 1.94 bits per heavy atom. The number of rotatable bonds is 4. The van der Waals surface area contributed by atoms with Gasteiger partial charge >= 0.3 is 0 Å². The Balaban J connectivity index is 2.73. The van der Waals surface area contributed by atoms with Gasteiger partial charge in [-0.25, -0.2) is 0 Å². The topological polar surface area (TPSA) is 122 Å². The van der Waals surface area contributed by atoms with Gasteiger partial charge in [-0.2, -0.15) is 0 Å². The van der Waals surface area contributed by atoms with Crippen molar-refractivity contribution in [1.82, 2.24) is 5.32 Å². The van der Waals surface area contributed by atoms with Gasteiger partial charge < -0.3 is 35.6 Å². The van der Waals surface area contributed by atoms with Crippen LogP contribution in [0, 0.1) is 12.3 Å². The minimum atomic E-state index is -2.11. The van der Waals surface area contributed by atoms with Gasteiger partial charge in [0.1, 0.15) is 24.4 Å². The highest BCUT2D eigenvalue weighted by molar-refractivity contribution is 4.98. The predicted molar refractivity (Wildman–Crippen MR) is 56.6 cm³/mol. The van der Waals surface area contributed by atoms with Crippen molar-refractivity contribution in [1.29, 1.82) is 0 Å². The third-order valence-corrected chi connectivity index (χ3v) is 2.66. The molecule has 1 saturated heterocycles. The third-order valence-electron chi connectivity index (χ3n) is 2.66. The first-order chi connectivity index (χ1) is 7.96. The number of hydrogen-bond acceptors (Lipinski definition) is 7. The molecule has 0 aromatic heterocycles. The van der Waals surface area contributed by atoms with Gasteiger partial charge in [0.05, 0.1) is 19.7 Å². The Hall–Kier alpha value is -0.720. The quantitative estimate of drug-likeness (QED) is 0.224. The fraction of sp³-hybridized carbons (Fsp3) is 0.800. The van der Waals surface area contributed by atoms with Crippen LogP contribution in [0.25, 0.3) is 0 Å². The lowest BCUT2D eigenvalue weighted by Gasteiger charge is -2.45. The Morgan fingerprint density at radius 1 is 1.29 bits per heavy atom. The monoisotopic (exact) mass is 247 g/mol. The summed E-state index contributed by atoms with van der Waals surface area (Å²) in [6, 6.07) is 0. The highest BCUT2D eigenvalue weighted by Crippen LogP contribution is 2.27. The molecule has 7 nitrogen and oxygen atoms in total. The van der Waals surface area contributed by atoms with Crippen molar-refractivity contribution in [3.05, 3.63) is 0 Å². The molecule has 17 heavy (non-hydrogen) atoms. The van der Waals surface area contributed by atoms with Gasteiger partial charge in [0.2, 0.25) is 5.79 Å². The van der Waals surface area contributed by atoms with Crippen LogP contribution in [0.5, 0.6) is 0 Å². The van der Waals surface area contributed by atoms with Gasteiger partial charge in [0.25, 0.3) is 0 Å². The maximum absolute atomic E-state index is 9.97. The van der Waals surface area contributed by atoms with E-state index in [2.05, 4.69) is 11.2 Å². The molecule has 0 spiro atoms. The van der Waals surface area contributed by atoms with Crippen LogP contribution >= 0.6 is 0 Å². The molecule has 0 saturated carbocycles. The Labute approximate surface area is 98.7 Å². The lowest BCUT2D eigenvalue weighted by atomic mass is 9.92. The van der Waals surface area contributed by atoms with Crippen LogP contribution in [-0.4, -0.2) is 75.4 Å². The minimum absolute atomic E-state index is 0.140. The molecular formula is C10H17NO6. The number of terminal acetylenes is 1. The number of aliphatic hydroxyl groups excluding tert-OH is 4. The molecule has 0 amide bonds. The van der Waals surface area contributed by atoms with E-state index in [1.54, 1.807) is 0 Å². The van der Waals surface area contributed by atoms with Crippen molar-refractivity contribution in [3.8, 4) is 12.3 Å². The van der Waals surface area contributed by atoms with Gasteiger partial charge in [0.15, 0.2) is 0 Å². The standard InChI is InChI=1S/C10H17NO6/c1-2-3-11-5-10(16)9(15)8(14)7(13)6(4-12)17-10/h1,6-9,11-16H,3-5H2/t6-,7-,8+,9+,10+/m1/s1. The first-order valence-electron chi connectivity index (χ1n) is 5.15. The van der Waals surface area contributed by atoms with Crippen LogP contribution in [0.4, 0.5) is 0 Å². The highest BCUT2D eigenvalue weighted by Gasteiger charge is 2.52. The fourth-order valence-corrected chi connectivity index (χ4v) is 1.68. The maximum Gasteiger partial charge on any atom is 0.208 e. The summed E-state index contributed by atoms with van der Waals surface area (Å²) in [7, 11) is 0. The Kier molecular flexibility index (Phi) is 4.85. The number of aliphatic hydroxyl groups is 5. The summed E-state index contributed by atoms with van der Waals surface area (Å²) in [4.78, 5) is 0. The Bertz CT molecular complexity index is 291. The molecule has 7 heteroatoms. The van der Waals surface area contributed by atoms with Crippen LogP contribution in [0.3, 0.4) is 0 Å². The van der Waals surface area contributed by atoms with Crippen molar-refractivity contribution in [2.45, 2.75) is 30.2 Å². The van der Waals surface area contributed by atoms with Crippen LogP contribution in [0.1, 0.15) is 0 Å². The summed E-state index contributed by atoms with van der Waals surface area (Å²) < 4.78 is 4.98. The zero-order valence-corrected chi connectivity index (χ0v) is 9.15. The van der Waals surface area contributed by atoms with Crippen molar-refractivity contribution >= 4 is 0 Å². The van der Waals surface area contributed by atoms with Gasteiger partial charge in [-0.1, -0.05) is 5.92 Å². The van der Waals surface area contributed by atoms with E-state index < -0.39 is 36.8 Å². The molecule has 6 N–H and O–H groups in total. The van der Waals surface area contributed by atoms with Gasteiger partial charge in [-0.05, 0) is 0 Å². The second kappa shape index (κ2) is 5.75. The summed E-state index contributed by atoms with van der Waals surface area (Å²) in [6.07, 6.45) is -0.962. The average molecular weight is 247 g/mol. The van der Waals surface area contributed by atoms with Crippen molar-refractivity contribution in [3.63, 3.8) is 0 Å². The van der Waals surface area contributed by atoms with E-state index in [1.165, 1.54) is 0 Å². The lowest BCUT2D eigenvalue weighted by Crippen LogP contribution is -2.68. The van der Waals surface area contributed by atoms with Crippen molar-refractivity contribution in [2.24, 2.45) is 0 Å². The molecule has 0 aromatic carbocycles. The van der Waals surface area contributed by atoms with Crippen molar-refractivity contribution in [2.75, 3.05) is 19.7 Å². The van der Waals surface area contributed by atoms with Crippen LogP contribution in [-0.2, 0) is 4.74 Å².